The van der Waals surface area contributed by atoms with Crippen molar-refractivity contribution in [1.82, 2.24) is 15.3 Å². The second-order valence-corrected chi connectivity index (χ2v) is 5.69. The summed E-state index contributed by atoms with van der Waals surface area (Å²) in [6.07, 6.45) is 8.35. The van der Waals surface area contributed by atoms with Gasteiger partial charge < -0.3 is 15.2 Å². The van der Waals surface area contributed by atoms with Gasteiger partial charge in [-0.05, 0) is 37.9 Å². The van der Waals surface area contributed by atoms with Gasteiger partial charge in [0.15, 0.2) is 0 Å². The van der Waals surface area contributed by atoms with Crippen LogP contribution in [-0.2, 0) is 6.42 Å². The van der Waals surface area contributed by atoms with Crippen molar-refractivity contribution in [2.45, 2.75) is 31.7 Å². The van der Waals surface area contributed by atoms with Crippen LogP contribution in [-0.4, -0.2) is 35.6 Å². The second-order valence-electron chi connectivity index (χ2n) is 5.69. The highest BCUT2D eigenvalue weighted by atomic mass is 15.1. The molecule has 112 valence electrons. The molecule has 4 nitrogen and oxygen atoms in total. The van der Waals surface area contributed by atoms with Crippen molar-refractivity contribution in [3.05, 3.63) is 48.5 Å². The van der Waals surface area contributed by atoms with E-state index in [2.05, 4.69) is 50.5 Å². The van der Waals surface area contributed by atoms with E-state index >= 15 is 0 Å². The Bertz CT molecular complexity index is 501. The quantitative estimate of drug-likeness (QED) is 0.801. The number of rotatable bonds is 6. The smallest absolute Gasteiger partial charge is 0.106 e. The molecule has 0 bridgehead atoms. The first kappa shape index (κ1) is 14.1. The molecule has 1 saturated heterocycles. The van der Waals surface area contributed by atoms with Gasteiger partial charge in [-0.2, -0.15) is 0 Å². The fourth-order valence-electron chi connectivity index (χ4n) is 2.98. The zero-order valence-corrected chi connectivity index (χ0v) is 12.5. The summed E-state index contributed by atoms with van der Waals surface area (Å²) in [6.45, 7) is 3.39. The van der Waals surface area contributed by atoms with Crippen LogP contribution in [0.25, 0.3) is 0 Å². The molecule has 0 saturated carbocycles. The summed E-state index contributed by atoms with van der Waals surface area (Å²) in [6, 6.07) is 11.4. The highest BCUT2D eigenvalue weighted by Crippen LogP contribution is 2.19. The predicted molar refractivity (Wildman–Crippen MR) is 86.6 cm³/mol. The van der Waals surface area contributed by atoms with E-state index in [0.29, 0.717) is 6.04 Å². The molecule has 1 aromatic carbocycles. The Labute approximate surface area is 126 Å². The molecule has 1 aromatic heterocycles. The SMILES string of the molecule is c1ccc(N2CCC(NCCCc3ncc[nH]3)CC2)cc1. The lowest BCUT2D eigenvalue weighted by molar-refractivity contribution is 0.412. The lowest BCUT2D eigenvalue weighted by Gasteiger charge is -2.34. The van der Waals surface area contributed by atoms with Crippen LogP contribution in [0.15, 0.2) is 42.7 Å². The number of para-hydroxylation sites is 1. The molecule has 0 amide bonds. The van der Waals surface area contributed by atoms with Crippen molar-refractivity contribution in [2.24, 2.45) is 0 Å². The van der Waals surface area contributed by atoms with Gasteiger partial charge in [0.2, 0.25) is 0 Å². The average Bonchev–Trinajstić information content (AvgIpc) is 3.06. The van der Waals surface area contributed by atoms with E-state index in [0.717, 1.165) is 38.3 Å². The molecule has 1 aliphatic rings. The summed E-state index contributed by atoms with van der Waals surface area (Å²) in [5.41, 5.74) is 1.36. The first-order valence-electron chi connectivity index (χ1n) is 7.93. The van der Waals surface area contributed by atoms with Gasteiger partial charge in [-0.15, -0.1) is 0 Å². The summed E-state index contributed by atoms with van der Waals surface area (Å²) in [7, 11) is 0. The van der Waals surface area contributed by atoms with Gasteiger partial charge >= 0.3 is 0 Å². The normalized spacial score (nSPS) is 16.3. The molecule has 0 aliphatic carbocycles. The lowest BCUT2D eigenvalue weighted by Crippen LogP contribution is -2.42. The Kier molecular flexibility index (Phi) is 4.90. The number of aryl methyl sites for hydroxylation is 1. The van der Waals surface area contributed by atoms with Crippen molar-refractivity contribution in [2.75, 3.05) is 24.5 Å². The summed E-state index contributed by atoms with van der Waals surface area (Å²) >= 11 is 0. The van der Waals surface area contributed by atoms with Gasteiger partial charge in [-0.3, -0.25) is 0 Å². The van der Waals surface area contributed by atoms with Crippen molar-refractivity contribution < 1.29 is 0 Å². The molecular formula is C17H24N4. The standard InChI is InChI=1S/C17H24N4/c1-2-5-16(6-3-1)21-13-8-15(9-14-21)18-10-4-7-17-19-11-12-20-17/h1-3,5-6,11-12,15,18H,4,7-10,13-14H2,(H,19,20). The van der Waals surface area contributed by atoms with Crippen molar-refractivity contribution in [1.29, 1.82) is 0 Å². The number of aromatic nitrogens is 2. The molecule has 2 N–H and O–H groups in total. The number of hydrogen-bond acceptors (Lipinski definition) is 3. The first-order valence-corrected chi connectivity index (χ1v) is 7.93. The molecule has 3 rings (SSSR count). The summed E-state index contributed by atoms with van der Waals surface area (Å²) < 4.78 is 0. The highest BCUT2D eigenvalue weighted by molar-refractivity contribution is 5.46. The number of hydrogen-bond donors (Lipinski definition) is 2. The molecule has 21 heavy (non-hydrogen) atoms. The monoisotopic (exact) mass is 284 g/mol. The highest BCUT2D eigenvalue weighted by Gasteiger charge is 2.18. The molecular weight excluding hydrogens is 260 g/mol. The Morgan fingerprint density at radius 1 is 1.19 bits per heavy atom. The third-order valence-corrected chi connectivity index (χ3v) is 4.19. The van der Waals surface area contributed by atoms with Crippen LogP contribution in [0.3, 0.4) is 0 Å². The minimum atomic E-state index is 0.668. The number of benzene rings is 1. The number of imidazole rings is 1. The average molecular weight is 284 g/mol. The molecule has 1 aliphatic heterocycles. The van der Waals surface area contributed by atoms with Crippen LogP contribution in [0.5, 0.6) is 0 Å². The third kappa shape index (κ3) is 4.08. The second kappa shape index (κ2) is 7.27. The molecule has 2 aromatic rings. The third-order valence-electron chi connectivity index (χ3n) is 4.19. The van der Waals surface area contributed by atoms with E-state index in [1.165, 1.54) is 18.5 Å². The zero-order valence-electron chi connectivity index (χ0n) is 12.5. The Hall–Kier alpha value is -1.81. The number of H-pyrrole nitrogens is 1. The lowest BCUT2D eigenvalue weighted by atomic mass is 10.0. The van der Waals surface area contributed by atoms with E-state index in [9.17, 15) is 0 Å². The fraction of sp³-hybridized carbons (Fsp3) is 0.471. The Morgan fingerprint density at radius 2 is 2.00 bits per heavy atom. The summed E-state index contributed by atoms with van der Waals surface area (Å²) in [5, 5.41) is 3.69. The largest absolute Gasteiger partial charge is 0.371 e. The van der Waals surface area contributed by atoms with E-state index in [1.54, 1.807) is 0 Å². The summed E-state index contributed by atoms with van der Waals surface area (Å²) in [4.78, 5) is 9.90. The zero-order chi connectivity index (χ0) is 14.3. The van der Waals surface area contributed by atoms with Gasteiger partial charge in [0.05, 0.1) is 0 Å². The minimum absolute atomic E-state index is 0.668. The predicted octanol–water partition coefficient (Wildman–Crippen LogP) is 2.60. The molecule has 1 fully saturated rings. The molecule has 0 unspecified atom stereocenters. The van der Waals surface area contributed by atoms with Gasteiger partial charge in [-0.25, -0.2) is 4.98 Å². The first-order chi connectivity index (χ1) is 10.4. The van der Waals surface area contributed by atoms with Crippen LogP contribution in [0.4, 0.5) is 5.69 Å². The Balaban J connectivity index is 1.34. The number of anilines is 1. The molecule has 4 heteroatoms. The van der Waals surface area contributed by atoms with Gasteiger partial charge in [0.1, 0.15) is 5.82 Å². The molecule has 0 radical (unpaired) electrons. The summed E-state index contributed by atoms with van der Waals surface area (Å²) in [5.74, 6) is 1.09. The van der Waals surface area contributed by atoms with Crippen LogP contribution in [0.1, 0.15) is 25.1 Å². The van der Waals surface area contributed by atoms with Crippen molar-refractivity contribution >= 4 is 5.69 Å². The topological polar surface area (TPSA) is 44.0 Å². The fourth-order valence-corrected chi connectivity index (χ4v) is 2.98. The number of nitrogens with zero attached hydrogens (tertiary/aromatic N) is 2. The number of aromatic amines is 1. The maximum absolute atomic E-state index is 4.25. The van der Waals surface area contributed by atoms with E-state index in [-0.39, 0.29) is 0 Å². The maximum Gasteiger partial charge on any atom is 0.106 e. The van der Waals surface area contributed by atoms with Gasteiger partial charge in [0.25, 0.3) is 0 Å². The molecule has 0 spiro atoms. The molecule has 2 heterocycles. The minimum Gasteiger partial charge on any atom is -0.371 e. The van der Waals surface area contributed by atoms with Crippen LogP contribution in [0, 0.1) is 0 Å². The van der Waals surface area contributed by atoms with E-state index < -0.39 is 0 Å². The van der Waals surface area contributed by atoms with Crippen molar-refractivity contribution in [3.63, 3.8) is 0 Å². The van der Waals surface area contributed by atoms with Crippen LogP contribution in [0.2, 0.25) is 0 Å². The maximum atomic E-state index is 4.25. The van der Waals surface area contributed by atoms with E-state index in [4.69, 9.17) is 0 Å². The van der Waals surface area contributed by atoms with Crippen molar-refractivity contribution in [3.8, 4) is 0 Å². The Morgan fingerprint density at radius 3 is 2.71 bits per heavy atom. The van der Waals surface area contributed by atoms with Gasteiger partial charge in [0, 0.05) is 43.6 Å². The number of nitrogens with one attached hydrogen (secondary N) is 2. The van der Waals surface area contributed by atoms with Gasteiger partial charge in [-0.1, -0.05) is 18.2 Å². The molecule has 0 atom stereocenters. The van der Waals surface area contributed by atoms with E-state index in [1.807, 2.05) is 12.4 Å². The van der Waals surface area contributed by atoms with Crippen LogP contribution < -0.4 is 10.2 Å². The van der Waals surface area contributed by atoms with Crippen LogP contribution >= 0.6 is 0 Å². The number of piperidine rings is 1.